The summed E-state index contributed by atoms with van der Waals surface area (Å²) in [5.41, 5.74) is 1.26. The lowest BCUT2D eigenvalue weighted by Crippen LogP contribution is -2.19. The number of para-hydroxylation sites is 2. The van der Waals surface area contributed by atoms with Crippen LogP contribution < -0.4 is 9.47 Å². The highest BCUT2D eigenvalue weighted by molar-refractivity contribution is 5.38. The first-order chi connectivity index (χ1) is 8.93. The van der Waals surface area contributed by atoms with Crippen molar-refractivity contribution in [1.29, 1.82) is 0 Å². The Morgan fingerprint density at radius 3 is 2.67 bits per heavy atom. The van der Waals surface area contributed by atoms with Gasteiger partial charge >= 0.3 is 0 Å². The van der Waals surface area contributed by atoms with Crippen LogP contribution >= 0.6 is 0 Å². The number of hydrogen-bond donors (Lipinski definition) is 0. The third-order valence-corrected chi connectivity index (χ3v) is 3.28. The number of benzene rings is 2. The second-order valence-corrected chi connectivity index (χ2v) is 4.50. The molecule has 0 fully saturated rings. The van der Waals surface area contributed by atoms with Gasteiger partial charge in [-0.1, -0.05) is 36.4 Å². The number of fused-ring (bicyclic) bond motifs is 1. The summed E-state index contributed by atoms with van der Waals surface area (Å²) in [5.74, 6) is 2.36. The van der Waals surface area contributed by atoms with Crippen molar-refractivity contribution in [3.05, 3.63) is 60.2 Å². The molecular formula is C16H16O2. The first kappa shape index (κ1) is 11.1. The molecule has 0 N–H and O–H groups in total. The van der Waals surface area contributed by atoms with E-state index in [9.17, 15) is 0 Å². The largest absolute Gasteiger partial charge is 0.493 e. The van der Waals surface area contributed by atoms with Crippen LogP contribution in [0.15, 0.2) is 54.6 Å². The molecule has 1 atom stereocenters. The molecule has 2 nitrogen and oxygen atoms in total. The Balaban J connectivity index is 1.71. The van der Waals surface area contributed by atoms with Gasteiger partial charge in [-0.25, -0.2) is 0 Å². The fraction of sp³-hybridized carbons (Fsp3) is 0.250. The first-order valence-corrected chi connectivity index (χ1v) is 6.33. The molecule has 18 heavy (non-hydrogen) atoms. The minimum Gasteiger partial charge on any atom is -0.493 e. The minimum atomic E-state index is 0.426. The third kappa shape index (κ3) is 2.33. The van der Waals surface area contributed by atoms with Crippen molar-refractivity contribution >= 4 is 0 Å². The van der Waals surface area contributed by atoms with Gasteiger partial charge in [0.05, 0.1) is 13.2 Å². The Bertz CT molecular complexity index is 508. The van der Waals surface area contributed by atoms with E-state index in [-0.39, 0.29) is 0 Å². The summed E-state index contributed by atoms with van der Waals surface area (Å²) in [6.07, 6.45) is 1.02. The lowest BCUT2D eigenvalue weighted by Gasteiger charge is -2.25. The normalized spacial score (nSPS) is 17.7. The van der Waals surface area contributed by atoms with Crippen LogP contribution in [0.4, 0.5) is 0 Å². The molecule has 1 unspecified atom stereocenters. The summed E-state index contributed by atoms with van der Waals surface area (Å²) in [6, 6.07) is 18.2. The van der Waals surface area contributed by atoms with Crippen molar-refractivity contribution in [2.24, 2.45) is 0 Å². The van der Waals surface area contributed by atoms with Crippen LogP contribution in [-0.4, -0.2) is 13.2 Å². The predicted octanol–water partition coefficient (Wildman–Crippen LogP) is 3.63. The maximum absolute atomic E-state index is 5.85. The van der Waals surface area contributed by atoms with Gasteiger partial charge in [0.2, 0.25) is 0 Å². The SMILES string of the molecule is c1ccc(OCC2CCOc3ccccc32)cc1. The van der Waals surface area contributed by atoms with Gasteiger partial charge in [-0.3, -0.25) is 0 Å². The van der Waals surface area contributed by atoms with Gasteiger partial charge in [0.15, 0.2) is 0 Å². The smallest absolute Gasteiger partial charge is 0.122 e. The molecule has 0 aliphatic carbocycles. The summed E-state index contributed by atoms with van der Waals surface area (Å²) in [4.78, 5) is 0. The molecule has 0 saturated heterocycles. The molecule has 3 rings (SSSR count). The van der Waals surface area contributed by atoms with E-state index in [1.54, 1.807) is 0 Å². The standard InChI is InChI=1S/C16H16O2/c1-2-6-14(7-3-1)18-12-13-10-11-17-16-9-5-4-8-15(13)16/h1-9,13H,10-12H2. The van der Waals surface area contributed by atoms with Crippen molar-refractivity contribution in [2.75, 3.05) is 13.2 Å². The van der Waals surface area contributed by atoms with E-state index >= 15 is 0 Å². The molecule has 0 bridgehead atoms. The van der Waals surface area contributed by atoms with E-state index in [0.717, 1.165) is 24.5 Å². The first-order valence-electron chi connectivity index (χ1n) is 6.33. The molecule has 2 heteroatoms. The Morgan fingerprint density at radius 1 is 1.00 bits per heavy atom. The van der Waals surface area contributed by atoms with Crippen LogP contribution in [0.5, 0.6) is 11.5 Å². The molecule has 0 saturated carbocycles. The fourth-order valence-corrected chi connectivity index (χ4v) is 2.30. The molecule has 0 radical (unpaired) electrons. The van der Waals surface area contributed by atoms with E-state index in [2.05, 4.69) is 12.1 Å². The topological polar surface area (TPSA) is 18.5 Å². The highest BCUT2D eigenvalue weighted by atomic mass is 16.5. The van der Waals surface area contributed by atoms with E-state index in [1.807, 2.05) is 42.5 Å². The van der Waals surface area contributed by atoms with Gasteiger partial charge < -0.3 is 9.47 Å². The predicted molar refractivity (Wildman–Crippen MR) is 71.2 cm³/mol. The molecule has 2 aromatic rings. The quantitative estimate of drug-likeness (QED) is 0.815. The maximum Gasteiger partial charge on any atom is 0.122 e. The average molecular weight is 240 g/mol. The van der Waals surface area contributed by atoms with Gasteiger partial charge in [-0.2, -0.15) is 0 Å². The highest BCUT2D eigenvalue weighted by Gasteiger charge is 2.21. The summed E-state index contributed by atoms with van der Waals surface area (Å²) in [5, 5.41) is 0. The molecular weight excluding hydrogens is 224 g/mol. The Labute approximate surface area is 107 Å². The zero-order valence-electron chi connectivity index (χ0n) is 10.2. The molecule has 0 amide bonds. The molecule has 92 valence electrons. The van der Waals surface area contributed by atoms with E-state index in [1.165, 1.54) is 5.56 Å². The molecule has 0 spiro atoms. The molecule has 2 aromatic carbocycles. The van der Waals surface area contributed by atoms with E-state index in [4.69, 9.17) is 9.47 Å². The van der Waals surface area contributed by atoms with Crippen molar-refractivity contribution in [3.8, 4) is 11.5 Å². The Kier molecular flexibility index (Phi) is 3.18. The van der Waals surface area contributed by atoms with Gasteiger partial charge in [0.1, 0.15) is 11.5 Å². The number of rotatable bonds is 3. The molecule has 1 aliphatic rings. The molecule has 0 aromatic heterocycles. The van der Waals surface area contributed by atoms with Crippen LogP contribution in [0, 0.1) is 0 Å². The van der Waals surface area contributed by atoms with E-state index in [0.29, 0.717) is 12.5 Å². The van der Waals surface area contributed by atoms with Crippen molar-refractivity contribution in [1.82, 2.24) is 0 Å². The van der Waals surface area contributed by atoms with Gasteiger partial charge in [-0.05, 0) is 24.6 Å². The van der Waals surface area contributed by atoms with Gasteiger partial charge in [0.25, 0.3) is 0 Å². The number of ether oxygens (including phenoxy) is 2. The van der Waals surface area contributed by atoms with Crippen molar-refractivity contribution < 1.29 is 9.47 Å². The van der Waals surface area contributed by atoms with Crippen LogP contribution in [0.1, 0.15) is 17.9 Å². The second-order valence-electron chi connectivity index (χ2n) is 4.50. The van der Waals surface area contributed by atoms with Crippen LogP contribution in [0.2, 0.25) is 0 Å². The maximum atomic E-state index is 5.85. The minimum absolute atomic E-state index is 0.426. The van der Waals surface area contributed by atoms with Crippen LogP contribution in [0.25, 0.3) is 0 Å². The third-order valence-electron chi connectivity index (χ3n) is 3.28. The zero-order chi connectivity index (χ0) is 12.2. The molecule has 1 heterocycles. The summed E-state index contributed by atoms with van der Waals surface area (Å²) < 4.78 is 11.5. The lowest BCUT2D eigenvalue weighted by atomic mass is 9.94. The average Bonchev–Trinajstić information content (AvgIpc) is 2.46. The fourth-order valence-electron chi connectivity index (χ4n) is 2.30. The summed E-state index contributed by atoms with van der Waals surface area (Å²) >= 11 is 0. The van der Waals surface area contributed by atoms with Crippen LogP contribution in [-0.2, 0) is 0 Å². The zero-order valence-corrected chi connectivity index (χ0v) is 10.2. The second kappa shape index (κ2) is 5.13. The monoisotopic (exact) mass is 240 g/mol. The van der Waals surface area contributed by atoms with Gasteiger partial charge in [0, 0.05) is 11.5 Å². The van der Waals surface area contributed by atoms with Crippen molar-refractivity contribution in [3.63, 3.8) is 0 Å². The van der Waals surface area contributed by atoms with Gasteiger partial charge in [-0.15, -0.1) is 0 Å². The van der Waals surface area contributed by atoms with E-state index < -0.39 is 0 Å². The number of hydrogen-bond acceptors (Lipinski definition) is 2. The molecule has 1 aliphatic heterocycles. The lowest BCUT2D eigenvalue weighted by molar-refractivity contribution is 0.217. The highest BCUT2D eigenvalue weighted by Crippen LogP contribution is 2.33. The summed E-state index contributed by atoms with van der Waals surface area (Å²) in [7, 11) is 0. The Morgan fingerprint density at radius 2 is 1.78 bits per heavy atom. The summed E-state index contributed by atoms with van der Waals surface area (Å²) in [6.45, 7) is 1.49. The Hall–Kier alpha value is -1.96. The van der Waals surface area contributed by atoms with Crippen molar-refractivity contribution in [2.45, 2.75) is 12.3 Å². The van der Waals surface area contributed by atoms with Crippen LogP contribution in [0.3, 0.4) is 0 Å².